The Morgan fingerprint density at radius 3 is 2.24 bits per heavy atom. The molecule has 3 nitrogen and oxygen atoms in total. The van der Waals surface area contributed by atoms with E-state index >= 15 is 0 Å². The van der Waals surface area contributed by atoms with Crippen molar-refractivity contribution in [1.82, 2.24) is 0 Å². The molecule has 0 heterocycles. The fraction of sp³-hybridized carbons (Fsp3) is 0.600. The SMILES string of the molecule is Cc1c(N)cc(OCCO[Si](C)(C)C(C)(C)C)c(F)c1F. The Bertz CT molecular complexity index is 513. The maximum absolute atomic E-state index is 13.7. The standard InChI is InChI=1S/C15H25F2NO2Si/c1-10-11(18)9-12(14(17)13(10)16)19-7-8-20-21(5,6)15(2,3)4/h9H,7-8,18H2,1-6H3. The largest absolute Gasteiger partial charge is 0.488 e. The molecule has 0 fully saturated rings. The molecule has 0 aliphatic carbocycles. The van der Waals surface area contributed by atoms with Crippen LogP contribution in [-0.4, -0.2) is 21.5 Å². The van der Waals surface area contributed by atoms with E-state index in [1.807, 2.05) is 0 Å². The molecule has 0 spiro atoms. The summed E-state index contributed by atoms with van der Waals surface area (Å²) in [7, 11) is -1.86. The predicted octanol–water partition coefficient (Wildman–Crippen LogP) is 4.26. The number of hydrogen-bond acceptors (Lipinski definition) is 3. The Morgan fingerprint density at radius 1 is 1.14 bits per heavy atom. The molecule has 0 saturated heterocycles. The average molecular weight is 317 g/mol. The Hall–Kier alpha value is -1.14. The normalized spacial score (nSPS) is 12.6. The lowest BCUT2D eigenvalue weighted by atomic mass is 10.2. The number of nitrogens with two attached hydrogens (primary N) is 1. The molecule has 120 valence electrons. The number of ether oxygens (including phenoxy) is 1. The fourth-order valence-electron chi connectivity index (χ4n) is 1.48. The molecule has 0 saturated carbocycles. The van der Waals surface area contributed by atoms with Crippen LogP contribution >= 0.6 is 0 Å². The van der Waals surface area contributed by atoms with E-state index in [0.29, 0.717) is 6.61 Å². The Kier molecular flexibility index (Phi) is 5.39. The molecule has 0 unspecified atom stereocenters. The predicted molar refractivity (Wildman–Crippen MR) is 84.2 cm³/mol. The third kappa shape index (κ3) is 4.17. The average Bonchev–Trinajstić information content (AvgIpc) is 2.36. The molecular formula is C15H25F2NO2Si. The summed E-state index contributed by atoms with van der Waals surface area (Å²) < 4.78 is 38.4. The van der Waals surface area contributed by atoms with Crippen molar-refractivity contribution in [3.05, 3.63) is 23.3 Å². The Morgan fingerprint density at radius 2 is 1.71 bits per heavy atom. The molecule has 0 aliphatic heterocycles. The van der Waals surface area contributed by atoms with Crippen LogP contribution in [0.3, 0.4) is 0 Å². The number of halogens is 2. The molecule has 1 aromatic carbocycles. The van der Waals surface area contributed by atoms with Gasteiger partial charge < -0.3 is 14.9 Å². The maximum atomic E-state index is 13.7. The molecule has 0 aromatic heterocycles. The molecule has 1 aromatic rings. The lowest BCUT2D eigenvalue weighted by molar-refractivity contribution is 0.197. The van der Waals surface area contributed by atoms with Gasteiger partial charge in [0, 0.05) is 17.3 Å². The highest BCUT2D eigenvalue weighted by Gasteiger charge is 2.36. The van der Waals surface area contributed by atoms with E-state index < -0.39 is 20.0 Å². The number of benzene rings is 1. The minimum Gasteiger partial charge on any atom is -0.488 e. The topological polar surface area (TPSA) is 44.5 Å². The van der Waals surface area contributed by atoms with Crippen molar-refractivity contribution < 1.29 is 17.9 Å². The fourth-order valence-corrected chi connectivity index (χ4v) is 2.51. The molecule has 21 heavy (non-hydrogen) atoms. The number of hydrogen-bond donors (Lipinski definition) is 1. The van der Waals surface area contributed by atoms with Gasteiger partial charge in [0.25, 0.3) is 0 Å². The number of anilines is 1. The molecule has 0 radical (unpaired) electrons. The molecule has 0 atom stereocenters. The van der Waals surface area contributed by atoms with E-state index in [-0.39, 0.29) is 28.6 Å². The maximum Gasteiger partial charge on any atom is 0.201 e. The molecule has 6 heteroatoms. The van der Waals surface area contributed by atoms with Gasteiger partial charge in [-0.15, -0.1) is 0 Å². The second-order valence-electron chi connectivity index (χ2n) is 6.67. The van der Waals surface area contributed by atoms with E-state index in [1.54, 1.807) is 0 Å². The quantitative estimate of drug-likeness (QED) is 0.501. The second kappa shape index (κ2) is 6.32. The summed E-state index contributed by atoms with van der Waals surface area (Å²) in [6.45, 7) is 12.6. The third-order valence-corrected chi connectivity index (χ3v) is 8.61. The zero-order chi connectivity index (χ0) is 16.4. The lowest BCUT2D eigenvalue weighted by Gasteiger charge is -2.36. The van der Waals surface area contributed by atoms with Crippen molar-refractivity contribution >= 4 is 14.0 Å². The summed E-state index contributed by atoms with van der Waals surface area (Å²) in [4.78, 5) is 0. The van der Waals surface area contributed by atoms with Crippen LogP contribution in [0.15, 0.2) is 6.07 Å². The summed E-state index contributed by atoms with van der Waals surface area (Å²) in [5.74, 6) is -2.14. The van der Waals surface area contributed by atoms with Gasteiger partial charge in [-0.3, -0.25) is 0 Å². The van der Waals surface area contributed by atoms with Crippen LogP contribution in [0.4, 0.5) is 14.5 Å². The van der Waals surface area contributed by atoms with Crippen LogP contribution < -0.4 is 10.5 Å². The highest BCUT2D eigenvalue weighted by atomic mass is 28.4. The molecule has 0 amide bonds. The van der Waals surface area contributed by atoms with E-state index in [2.05, 4.69) is 33.9 Å². The molecule has 0 bridgehead atoms. The van der Waals surface area contributed by atoms with Crippen LogP contribution in [0.25, 0.3) is 0 Å². The minimum atomic E-state index is -1.86. The first-order chi connectivity index (χ1) is 9.47. The van der Waals surface area contributed by atoms with Gasteiger partial charge in [-0.25, -0.2) is 4.39 Å². The van der Waals surface area contributed by atoms with Crippen LogP contribution in [0, 0.1) is 18.6 Å². The first-order valence-electron chi connectivity index (χ1n) is 6.98. The Balaban J connectivity index is 2.63. The van der Waals surface area contributed by atoms with Gasteiger partial charge in [0.2, 0.25) is 5.82 Å². The smallest absolute Gasteiger partial charge is 0.201 e. The monoisotopic (exact) mass is 317 g/mol. The molecule has 2 N–H and O–H groups in total. The van der Waals surface area contributed by atoms with Gasteiger partial charge in [0.05, 0.1) is 6.61 Å². The van der Waals surface area contributed by atoms with Crippen LogP contribution in [0.2, 0.25) is 18.1 Å². The first-order valence-corrected chi connectivity index (χ1v) is 9.89. The van der Waals surface area contributed by atoms with E-state index in [4.69, 9.17) is 14.9 Å². The lowest BCUT2D eigenvalue weighted by Crippen LogP contribution is -2.41. The molecular weight excluding hydrogens is 292 g/mol. The summed E-state index contributed by atoms with van der Waals surface area (Å²) in [5, 5.41) is 0.0959. The zero-order valence-corrected chi connectivity index (χ0v) is 14.6. The summed E-state index contributed by atoms with van der Waals surface area (Å²) in [6, 6.07) is 1.31. The number of nitrogen functional groups attached to an aromatic ring is 1. The van der Waals surface area contributed by atoms with Gasteiger partial charge in [0.1, 0.15) is 6.61 Å². The van der Waals surface area contributed by atoms with Gasteiger partial charge in [-0.2, -0.15) is 4.39 Å². The van der Waals surface area contributed by atoms with Gasteiger partial charge in [-0.05, 0) is 25.1 Å². The summed E-state index contributed by atoms with van der Waals surface area (Å²) in [6.07, 6.45) is 0. The van der Waals surface area contributed by atoms with Crippen LogP contribution in [0.1, 0.15) is 26.3 Å². The van der Waals surface area contributed by atoms with Gasteiger partial charge >= 0.3 is 0 Å². The second-order valence-corrected chi connectivity index (χ2v) is 11.5. The van der Waals surface area contributed by atoms with E-state index in [0.717, 1.165) is 0 Å². The van der Waals surface area contributed by atoms with E-state index in [1.165, 1.54) is 13.0 Å². The molecule has 0 aliphatic rings. The minimum absolute atomic E-state index is 0.0948. The van der Waals surface area contributed by atoms with Gasteiger partial charge in [-0.1, -0.05) is 20.8 Å². The van der Waals surface area contributed by atoms with Crippen molar-refractivity contribution in [3.8, 4) is 5.75 Å². The van der Waals surface area contributed by atoms with Crippen molar-refractivity contribution in [2.24, 2.45) is 0 Å². The summed E-state index contributed by atoms with van der Waals surface area (Å²) >= 11 is 0. The van der Waals surface area contributed by atoms with Crippen molar-refractivity contribution in [3.63, 3.8) is 0 Å². The Labute approximate surface area is 126 Å². The highest BCUT2D eigenvalue weighted by molar-refractivity contribution is 6.74. The van der Waals surface area contributed by atoms with Crippen molar-refractivity contribution in [1.29, 1.82) is 0 Å². The van der Waals surface area contributed by atoms with Crippen molar-refractivity contribution in [2.75, 3.05) is 18.9 Å². The highest BCUT2D eigenvalue weighted by Crippen LogP contribution is 2.36. The van der Waals surface area contributed by atoms with Crippen molar-refractivity contribution in [2.45, 2.75) is 45.8 Å². The zero-order valence-electron chi connectivity index (χ0n) is 13.6. The van der Waals surface area contributed by atoms with E-state index in [9.17, 15) is 8.78 Å². The summed E-state index contributed by atoms with van der Waals surface area (Å²) in [5.41, 5.74) is 5.88. The van der Waals surface area contributed by atoms with Crippen LogP contribution in [0.5, 0.6) is 5.75 Å². The molecule has 1 rings (SSSR count). The third-order valence-electron chi connectivity index (χ3n) is 4.07. The number of rotatable bonds is 5. The first kappa shape index (κ1) is 17.9. The van der Waals surface area contributed by atoms with Gasteiger partial charge in [0.15, 0.2) is 19.9 Å². The van der Waals surface area contributed by atoms with Crippen LogP contribution in [-0.2, 0) is 4.43 Å².